The average Bonchev–Trinajstić information content (AvgIpc) is 3.16. The molecule has 0 spiro atoms. The van der Waals surface area contributed by atoms with Gasteiger partial charge in [0.05, 0.1) is 24.6 Å². The summed E-state index contributed by atoms with van der Waals surface area (Å²) in [6, 6.07) is 15.0. The Bertz CT molecular complexity index is 1050. The fraction of sp³-hybridized carbons (Fsp3) is 0.100. The Morgan fingerprint density at radius 3 is 2.71 bits per heavy atom. The normalized spacial score (nSPS) is 10.6. The van der Waals surface area contributed by atoms with Gasteiger partial charge in [-0.2, -0.15) is 0 Å². The SMILES string of the molecule is Cc1cc(NCc2cn(-c3ccc(Oc4cccnc4)cc3)nn2)cc(Cl)n1. The van der Waals surface area contributed by atoms with Crippen LogP contribution in [0.4, 0.5) is 5.69 Å². The van der Waals surface area contributed by atoms with Gasteiger partial charge >= 0.3 is 0 Å². The molecule has 140 valence electrons. The number of benzene rings is 1. The van der Waals surface area contributed by atoms with E-state index in [0.29, 0.717) is 17.4 Å². The number of pyridine rings is 2. The predicted molar refractivity (Wildman–Crippen MR) is 107 cm³/mol. The highest BCUT2D eigenvalue weighted by atomic mass is 35.5. The molecule has 3 aromatic heterocycles. The number of aromatic nitrogens is 5. The monoisotopic (exact) mass is 392 g/mol. The summed E-state index contributed by atoms with van der Waals surface area (Å²) >= 11 is 5.98. The van der Waals surface area contributed by atoms with E-state index in [2.05, 4.69) is 25.6 Å². The minimum Gasteiger partial charge on any atom is -0.456 e. The highest BCUT2D eigenvalue weighted by Gasteiger charge is 2.05. The van der Waals surface area contributed by atoms with Crippen LogP contribution in [-0.2, 0) is 6.54 Å². The van der Waals surface area contributed by atoms with Crippen LogP contribution in [-0.4, -0.2) is 25.0 Å². The maximum absolute atomic E-state index is 5.98. The van der Waals surface area contributed by atoms with Crippen molar-refractivity contribution in [2.75, 3.05) is 5.32 Å². The Hall–Kier alpha value is -3.45. The van der Waals surface area contributed by atoms with E-state index >= 15 is 0 Å². The van der Waals surface area contributed by atoms with Crippen molar-refractivity contribution in [1.29, 1.82) is 0 Å². The van der Waals surface area contributed by atoms with E-state index in [9.17, 15) is 0 Å². The molecule has 0 aliphatic rings. The van der Waals surface area contributed by atoms with Crippen molar-refractivity contribution in [2.45, 2.75) is 13.5 Å². The predicted octanol–water partition coefficient (Wildman–Crippen LogP) is 4.42. The van der Waals surface area contributed by atoms with Crippen molar-refractivity contribution in [3.05, 3.63) is 83.7 Å². The minimum absolute atomic E-state index is 0.458. The largest absolute Gasteiger partial charge is 0.456 e. The summed E-state index contributed by atoms with van der Waals surface area (Å²) in [4.78, 5) is 8.18. The molecule has 4 aromatic rings. The zero-order valence-corrected chi connectivity index (χ0v) is 15.8. The van der Waals surface area contributed by atoms with Crippen LogP contribution in [0, 0.1) is 6.92 Å². The van der Waals surface area contributed by atoms with E-state index in [1.807, 2.05) is 55.6 Å². The first kappa shape index (κ1) is 17.9. The molecule has 0 radical (unpaired) electrons. The van der Waals surface area contributed by atoms with Crippen LogP contribution in [0.25, 0.3) is 5.69 Å². The summed E-state index contributed by atoms with van der Waals surface area (Å²) in [6.07, 6.45) is 5.25. The van der Waals surface area contributed by atoms with Gasteiger partial charge in [-0.15, -0.1) is 5.10 Å². The van der Waals surface area contributed by atoms with Gasteiger partial charge in [-0.3, -0.25) is 4.98 Å². The molecule has 28 heavy (non-hydrogen) atoms. The van der Waals surface area contributed by atoms with Crippen LogP contribution in [0.3, 0.4) is 0 Å². The van der Waals surface area contributed by atoms with E-state index in [0.717, 1.165) is 28.5 Å². The minimum atomic E-state index is 0.458. The van der Waals surface area contributed by atoms with Crippen molar-refractivity contribution in [2.24, 2.45) is 0 Å². The molecule has 0 saturated heterocycles. The molecule has 1 N–H and O–H groups in total. The highest BCUT2D eigenvalue weighted by Crippen LogP contribution is 2.21. The fourth-order valence-corrected chi connectivity index (χ4v) is 2.89. The number of rotatable bonds is 6. The van der Waals surface area contributed by atoms with Crippen LogP contribution < -0.4 is 10.1 Å². The first-order valence-electron chi connectivity index (χ1n) is 8.63. The molecule has 4 rings (SSSR count). The van der Waals surface area contributed by atoms with Crippen LogP contribution >= 0.6 is 11.6 Å². The van der Waals surface area contributed by atoms with Gasteiger partial charge in [0, 0.05) is 17.6 Å². The second-order valence-corrected chi connectivity index (χ2v) is 6.50. The number of halogens is 1. The number of ether oxygens (including phenoxy) is 1. The van der Waals surface area contributed by atoms with Crippen LogP contribution in [0.2, 0.25) is 5.15 Å². The fourth-order valence-electron chi connectivity index (χ4n) is 2.64. The molecule has 0 saturated carbocycles. The Morgan fingerprint density at radius 1 is 1.11 bits per heavy atom. The zero-order valence-electron chi connectivity index (χ0n) is 15.1. The van der Waals surface area contributed by atoms with Gasteiger partial charge < -0.3 is 10.1 Å². The molecule has 0 aliphatic carbocycles. The van der Waals surface area contributed by atoms with E-state index in [1.165, 1.54) is 0 Å². The van der Waals surface area contributed by atoms with Gasteiger partial charge in [0.1, 0.15) is 22.3 Å². The molecular formula is C20H17ClN6O. The summed E-state index contributed by atoms with van der Waals surface area (Å²) < 4.78 is 7.47. The number of nitrogens with zero attached hydrogens (tertiary/aromatic N) is 5. The van der Waals surface area contributed by atoms with Gasteiger partial charge in [-0.1, -0.05) is 16.8 Å². The maximum atomic E-state index is 5.98. The van der Waals surface area contributed by atoms with Crippen molar-refractivity contribution < 1.29 is 4.74 Å². The molecular weight excluding hydrogens is 376 g/mol. The summed E-state index contributed by atoms with van der Waals surface area (Å²) in [5.41, 5.74) is 3.44. The summed E-state index contributed by atoms with van der Waals surface area (Å²) in [7, 11) is 0. The Balaban J connectivity index is 1.41. The molecule has 8 heteroatoms. The third kappa shape index (κ3) is 4.44. The number of anilines is 1. The lowest BCUT2D eigenvalue weighted by Crippen LogP contribution is -2.00. The second kappa shape index (κ2) is 8.06. The van der Waals surface area contributed by atoms with Crippen molar-refractivity contribution in [3.63, 3.8) is 0 Å². The Kier molecular flexibility index (Phi) is 5.16. The zero-order chi connectivity index (χ0) is 19.3. The van der Waals surface area contributed by atoms with Gasteiger partial charge in [0.2, 0.25) is 0 Å². The molecule has 1 aromatic carbocycles. The number of hydrogen-bond acceptors (Lipinski definition) is 6. The molecule has 0 atom stereocenters. The lowest BCUT2D eigenvalue weighted by atomic mass is 10.3. The van der Waals surface area contributed by atoms with E-state index in [-0.39, 0.29) is 0 Å². The Labute approximate surface area is 167 Å². The molecule has 3 heterocycles. The molecule has 0 amide bonds. The lowest BCUT2D eigenvalue weighted by Gasteiger charge is -2.06. The molecule has 7 nitrogen and oxygen atoms in total. The number of hydrogen-bond donors (Lipinski definition) is 1. The average molecular weight is 393 g/mol. The summed E-state index contributed by atoms with van der Waals surface area (Å²) in [6.45, 7) is 2.43. The number of nitrogens with one attached hydrogen (secondary N) is 1. The van der Waals surface area contributed by atoms with E-state index in [1.54, 1.807) is 23.1 Å². The quantitative estimate of drug-likeness (QED) is 0.489. The van der Waals surface area contributed by atoms with Gasteiger partial charge in [-0.25, -0.2) is 9.67 Å². The highest BCUT2D eigenvalue weighted by molar-refractivity contribution is 6.29. The van der Waals surface area contributed by atoms with Crippen LogP contribution in [0.1, 0.15) is 11.4 Å². The lowest BCUT2D eigenvalue weighted by molar-refractivity contribution is 0.480. The summed E-state index contributed by atoms with van der Waals surface area (Å²) in [5, 5.41) is 12.1. The molecule has 0 unspecified atom stereocenters. The standard InChI is InChI=1S/C20H17ClN6O/c1-14-9-15(10-20(21)24-14)23-11-16-13-27(26-25-16)17-4-6-18(7-5-17)28-19-3-2-8-22-12-19/h2-10,12-13H,11H2,1H3,(H,23,24). The maximum Gasteiger partial charge on any atom is 0.145 e. The van der Waals surface area contributed by atoms with Gasteiger partial charge in [0.15, 0.2) is 0 Å². The molecule has 0 bridgehead atoms. The molecule has 0 fully saturated rings. The number of aryl methyl sites for hydroxylation is 1. The van der Waals surface area contributed by atoms with E-state index in [4.69, 9.17) is 16.3 Å². The second-order valence-electron chi connectivity index (χ2n) is 6.11. The summed E-state index contributed by atoms with van der Waals surface area (Å²) in [5.74, 6) is 1.42. The first-order valence-corrected chi connectivity index (χ1v) is 9.01. The van der Waals surface area contributed by atoms with Crippen LogP contribution in [0.5, 0.6) is 11.5 Å². The van der Waals surface area contributed by atoms with E-state index < -0.39 is 0 Å². The van der Waals surface area contributed by atoms with Crippen molar-refractivity contribution in [3.8, 4) is 17.2 Å². The first-order chi connectivity index (χ1) is 13.7. The van der Waals surface area contributed by atoms with Crippen LogP contribution in [0.15, 0.2) is 67.1 Å². The third-order valence-corrected chi connectivity index (χ3v) is 4.10. The van der Waals surface area contributed by atoms with Crippen molar-refractivity contribution >= 4 is 17.3 Å². The van der Waals surface area contributed by atoms with Gasteiger partial charge in [-0.05, 0) is 55.5 Å². The topological polar surface area (TPSA) is 77.8 Å². The smallest absolute Gasteiger partial charge is 0.145 e. The Morgan fingerprint density at radius 2 is 1.96 bits per heavy atom. The van der Waals surface area contributed by atoms with Gasteiger partial charge in [0.25, 0.3) is 0 Å². The third-order valence-electron chi connectivity index (χ3n) is 3.91. The van der Waals surface area contributed by atoms with Crippen molar-refractivity contribution in [1.82, 2.24) is 25.0 Å². The molecule has 0 aliphatic heterocycles.